The molecule has 3 rings (SSSR count). The topological polar surface area (TPSA) is 96.0 Å². The number of hydrogen-bond donors (Lipinski definition) is 1. The minimum atomic E-state index is -3.92. The quantitative estimate of drug-likeness (QED) is 0.425. The van der Waals surface area contributed by atoms with Gasteiger partial charge in [-0.05, 0) is 49.1 Å². The Labute approximate surface area is 228 Å². The number of amides is 2. The highest BCUT2D eigenvalue weighted by Gasteiger charge is 2.33. The Morgan fingerprint density at radius 1 is 1.14 bits per heavy atom. The predicted molar refractivity (Wildman–Crippen MR) is 147 cm³/mol. The molecule has 2 amide bonds. The van der Waals surface area contributed by atoms with Gasteiger partial charge in [0.1, 0.15) is 18.3 Å². The van der Waals surface area contributed by atoms with Crippen LogP contribution < -0.4 is 14.4 Å². The van der Waals surface area contributed by atoms with Crippen LogP contribution in [-0.2, 0) is 26.2 Å². The van der Waals surface area contributed by atoms with Gasteiger partial charge in [-0.1, -0.05) is 61.2 Å². The third-order valence-corrected chi connectivity index (χ3v) is 8.39. The number of rotatable bonds is 11. The van der Waals surface area contributed by atoms with Crippen molar-refractivity contribution in [2.45, 2.75) is 57.7 Å². The standard InChI is InChI=1S/C26H33Cl2N3O5S/c1-4-22(26(33)29-19-10-5-6-11-19)30(16-18-9-7-12-20(15-18)36-2)24(32)17-31(37(3,34)35)23-14-8-13-21(27)25(23)28/h7-9,12-15,19,22H,4-6,10-11,16-17H2,1-3H3,(H,29,33)/t22-/m0/s1. The van der Waals surface area contributed by atoms with Gasteiger partial charge in [0.15, 0.2) is 0 Å². The maximum atomic E-state index is 13.8. The molecule has 11 heteroatoms. The van der Waals surface area contributed by atoms with Crippen molar-refractivity contribution in [3.63, 3.8) is 0 Å². The summed E-state index contributed by atoms with van der Waals surface area (Å²) in [6.45, 7) is 1.37. The number of sulfonamides is 1. The second kappa shape index (κ2) is 12.8. The predicted octanol–water partition coefficient (Wildman–Crippen LogP) is 4.63. The van der Waals surface area contributed by atoms with Gasteiger partial charge in [-0.25, -0.2) is 8.42 Å². The van der Waals surface area contributed by atoms with Crippen LogP contribution >= 0.6 is 23.2 Å². The van der Waals surface area contributed by atoms with Crippen molar-refractivity contribution in [1.82, 2.24) is 10.2 Å². The summed E-state index contributed by atoms with van der Waals surface area (Å²) in [5.41, 5.74) is 0.835. The molecule has 0 saturated heterocycles. The number of ether oxygens (including phenoxy) is 1. The Hall–Kier alpha value is -2.49. The molecule has 0 unspecified atom stereocenters. The second-order valence-electron chi connectivity index (χ2n) is 9.13. The van der Waals surface area contributed by atoms with Crippen LogP contribution in [0.1, 0.15) is 44.6 Å². The zero-order chi connectivity index (χ0) is 27.2. The number of nitrogens with zero attached hydrogens (tertiary/aromatic N) is 2. The van der Waals surface area contributed by atoms with E-state index in [1.165, 1.54) is 17.0 Å². The molecule has 2 aromatic carbocycles. The molecule has 1 aliphatic rings. The van der Waals surface area contributed by atoms with Gasteiger partial charge in [0.2, 0.25) is 21.8 Å². The van der Waals surface area contributed by atoms with E-state index in [4.69, 9.17) is 27.9 Å². The zero-order valence-electron chi connectivity index (χ0n) is 21.2. The summed E-state index contributed by atoms with van der Waals surface area (Å²) >= 11 is 12.4. The molecule has 0 heterocycles. The lowest BCUT2D eigenvalue weighted by Crippen LogP contribution is -2.53. The summed E-state index contributed by atoms with van der Waals surface area (Å²) in [4.78, 5) is 28.6. The molecule has 0 bridgehead atoms. The summed E-state index contributed by atoms with van der Waals surface area (Å²) in [7, 11) is -2.37. The molecular formula is C26H33Cl2N3O5S. The van der Waals surface area contributed by atoms with E-state index >= 15 is 0 Å². The van der Waals surface area contributed by atoms with Crippen LogP contribution in [0.25, 0.3) is 0 Å². The number of anilines is 1. The van der Waals surface area contributed by atoms with E-state index in [1.807, 2.05) is 13.0 Å². The van der Waals surface area contributed by atoms with Crippen LogP contribution in [-0.4, -0.2) is 57.1 Å². The van der Waals surface area contributed by atoms with E-state index < -0.39 is 28.5 Å². The second-order valence-corrected chi connectivity index (χ2v) is 11.8. The number of nitrogens with one attached hydrogen (secondary N) is 1. The molecule has 1 saturated carbocycles. The van der Waals surface area contributed by atoms with E-state index in [2.05, 4.69) is 5.32 Å². The minimum absolute atomic E-state index is 0.0211. The summed E-state index contributed by atoms with van der Waals surface area (Å²) in [6.07, 6.45) is 5.26. The first-order valence-electron chi connectivity index (χ1n) is 12.2. The summed E-state index contributed by atoms with van der Waals surface area (Å²) in [5.74, 6) is -0.188. The van der Waals surface area contributed by atoms with Crippen molar-refractivity contribution >= 4 is 50.7 Å². The lowest BCUT2D eigenvalue weighted by molar-refractivity contribution is -0.140. The molecule has 37 heavy (non-hydrogen) atoms. The average Bonchev–Trinajstić information content (AvgIpc) is 3.36. The highest BCUT2D eigenvalue weighted by atomic mass is 35.5. The summed E-state index contributed by atoms with van der Waals surface area (Å²) < 4.78 is 31.7. The fraction of sp³-hybridized carbons (Fsp3) is 0.462. The molecule has 2 aromatic rings. The normalized spacial score (nSPS) is 14.7. The molecule has 1 atom stereocenters. The van der Waals surface area contributed by atoms with Gasteiger partial charge < -0.3 is 15.0 Å². The van der Waals surface area contributed by atoms with E-state index in [1.54, 1.807) is 31.4 Å². The Kier molecular flexibility index (Phi) is 10.1. The Morgan fingerprint density at radius 2 is 1.81 bits per heavy atom. The van der Waals surface area contributed by atoms with Crippen LogP contribution in [0.5, 0.6) is 5.75 Å². The van der Waals surface area contributed by atoms with E-state index in [0.29, 0.717) is 12.2 Å². The molecule has 0 aliphatic heterocycles. The van der Waals surface area contributed by atoms with Gasteiger partial charge in [-0.3, -0.25) is 13.9 Å². The molecule has 0 aromatic heterocycles. The van der Waals surface area contributed by atoms with Crippen molar-refractivity contribution in [3.05, 3.63) is 58.1 Å². The smallest absolute Gasteiger partial charge is 0.244 e. The highest BCUT2D eigenvalue weighted by Crippen LogP contribution is 2.34. The maximum Gasteiger partial charge on any atom is 0.244 e. The monoisotopic (exact) mass is 569 g/mol. The average molecular weight is 571 g/mol. The number of methoxy groups -OCH3 is 1. The van der Waals surface area contributed by atoms with Crippen LogP contribution in [0.2, 0.25) is 10.0 Å². The van der Waals surface area contributed by atoms with E-state index in [-0.39, 0.29) is 34.2 Å². The molecule has 0 spiro atoms. The Balaban J connectivity index is 1.96. The summed E-state index contributed by atoms with van der Waals surface area (Å²) in [6, 6.07) is 11.0. The van der Waals surface area contributed by atoms with E-state index in [9.17, 15) is 18.0 Å². The van der Waals surface area contributed by atoms with Gasteiger partial charge in [0.25, 0.3) is 0 Å². The third kappa shape index (κ3) is 7.52. The van der Waals surface area contributed by atoms with Crippen LogP contribution in [0, 0.1) is 0 Å². The number of halogens is 2. The third-order valence-electron chi connectivity index (χ3n) is 6.45. The molecule has 1 N–H and O–H groups in total. The molecule has 1 aliphatic carbocycles. The van der Waals surface area contributed by atoms with Gasteiger partial charge in [-0.2, -0.15) is 0 Å². The van der Waals surface area contributed by atoms with Crippen molar-refractivity contribution in [2.75, 3.05) is 24.2 Å². The molecule has 1 fully saturated rings. The lowest BCUT2D eigenvalue weighted by atomic mass is 10.1. The zero-order valence-corrected chi connectivity index (χ0v) is 23.6. The minimum Gasteiger partial charge on any atom is -0.497 e. The number of carbonyl (C=O) groups excluding carboxylic acids is 2. The van der Waals surface area contributed by atoms with Crippen molar-refractivity contribution in [1.29, 1.82) is 0 Å². The van der Waals surface area contributed by atoms with Crippen molar-refractivity contribution < 1.29 is 22.7 Å². The van der Waals surface area contributed by atoms with Crippen LogP contribution in [0.4, 0.5) is 5.69 Å². The first-order chi connectivity index (χ1) is 17.5. The SMILES string of the molecule is CC[C@@H](C(=O)NC1CCCC1)N(Cc1cccc(OC)c1)C(=O)CN(c1cccc(Cl)c1Cl)S(C)(=O)=O. The first kappa shape index (κ1) is 29.1. The first-order valence-corrected chi connectivity index (χ1v) is 14.8. The van der Waals surface area contributed by atoms with Crippen molar-refractivity contribution in [2.24, 2.45) is 0 Å². The van der Waals surface area contributed by atoms with Crippen molar-refractivity contribution in [3.8, 4) is 5.75 Å². The number of benzene rings is 2. The molecule has 8 nitrogen and oxygen atoms in total. The van der Waals surface area contributed by atoms with Gasteiger partial charge in [0, 0.05) is 12.6 Å². The lowest BCUT2D eigenvalue weighted by Gasteiger charge is -2.33. The fourth-order valence-corrected chi connectivity index (χ4v) is 5.84. The Morgan fingerprint density at radius 3 is 2.43 bits per heavy atom. The van der Waals surface area contributed by atoms with Gasteiger partial charge in [0.05, 0.1) is 29.1 Å². The molecular weight excluding hydrogens is 537 g/mol. The number of hydrogen-bond acceptors (Lipinski definition) is 5. The molecule has 0 radical (unpaired) electrons. The van der Waals surface area contributed by atoms with E-state index in [0.717, 1.165) is 41.8 Å². The van der Waals surface area contributed by atoms with Gasteiger partial charge >= 0.3 is 0 Å². The Bertz CT molecular complexity index is 1220. The largest absolute Gasteiger partial charge is 0.497 e. The maximum absolute atomic E-state index is 13.8. The summed E-state index contributed by atoms with van der Waals surface area (Å²) in [5, 5.41) is 3.26. The van der Waals surface area contributed by atoms with Crippen LogP contribution in [0.3, 0.4) is 0 Å². The highest BCUT2D eigenvalue weighted by molar-refractivity contribution is 7.92. The van der Waals surface area contributed by atoms with Crippen LogP contribution in [0.15, 0.2) is 42.5 Å². The molecule has 202 valence electrons. The van der Waals surface area contributed by atoms with Gasteiger partial charge in [-0.15, -0.1) is 0 Å². The fourth-order valence-electron chi connectivity index (χ4n) is 4.53. The number of carbonyl (C=O) groups is 2.